The molecule has 2 atom stereocenters. The minimum Gasteiger partial charge on any atom is -0.387 e. The summed E-state index contributed by atoms with van der Waals surface area (Å²) < 4.78 is 0. The van der Waals surface area contributed by atoms with Gasteiger partial charge in [-0.3, -0.25) is 4.90 Å². The first-order valence-corrected chi connectivity index (χ1v) is 6.26. The summed E-state index contributed by atoms with van der Waals surface area (Å²) in [4.78, 5) is 2.40. The zero-order valence-corrected chi connectivity index (χ0v) is 11.2. The van der Waals surface area contributed by atoms with Crippen LogP contribution in [-0.4, -0.2) is 29.1 Å². The quantitative estimate of drug-likeness (QED) is 0.898. The van der Waals surface area contributed by atoms with Crippen molar-refractivity contribution in [2.75, 3.05) is 13.1 Å². The van der Waals surface area contributed by atoms with Crippen molar-refractivity contribution < 1.29 is 5.11 Å². The summed E-state index contributed by atoms with van der Waals surface area (Å²) in [6.07, 6.45) is 3.52. The number of benzene rings is 1. The van der Waals surface area contributed by atoms with Crippen molar-refractivity contribution in [1.82, 2.24) is 4.90 Å². The van der Waals surface area contributed by atoms with E-state index in [0.29, 0.717) is 0 Å². The Bertz CT molecular complexity index is 311. The molecule has 0 spiro atoms. The minimum atomic E-state index is -0.362. The van der Waals surface area contributed by atoms with E-state index in [9.17, 15) is 5.11 Å². The molecule has 3 heteroatoms. The highest BCUT2D eigenvalue weighted by Crippen LogP contribution is 2.23. The Balaban J connectivity index is 0.00000144. The van der Waals surface area contributed by atoms with Crippen LogP contribution >= 0.6 is 12.4 Å². The first kappa shape index (κ1) is 14.5. The molecule has 2 rings (SSSR count). The number of hydrogen-bond acceptors (Lipinski definition) is 2. The van der Waals surface area contributed by atoms with Gasteiger partial charge in [-0.2, -0.15) is 0 Å². The first-order valence-electron chi connectivity index (χ1n) is 6.26. The Labute approximate surface area is 110 Å². The predicted molar refractivity (Wildman–Crippen MR) is 73.5 cm³/mol. The topological polar surface area (TPSA) is 23.5 Å². The number of halogens is 1. The third-order valence-corrected chi connectivity index (χ3v) is 3.56. The monoisotopic (exact) mass is 255 g/mol. The summed E-state index contributed by atoms with van der Waals surface area (Å²) in [7, 11) is 0. The van der Waals surface area contributed by atoms with E-state index in [4.69, 9.17) is 0 Å². The summed E-state index contributed by atoms with van der Waals surface area (Å²) in [6.45, 7) is 4.39. The number of nitrogens with zero attached hydrogens (tertiary/aromatic N) is 1. The number of hydrogen-bond donors (Lipinski definition) is 1. The number of aliphatic hydroxyl groups is 1. The van der Waals surface area contributed by atoms with Crippen LogP contribution in [0.5, 0.6) is 0 Å². The van der Waals surface area contributed by atoms with Crippen LogP contribution in [0.15, 0.2) is 30.3 Å². The second kappa shape index (κ2) is 7.00. The van der Waals surface area contributed by atoms with Crippen LogP contribution in [0, 0.1) is 0 Å². The van der Waals surface area contributed by atoms with E-state index < -0.39 is 0 Å². The largest absolute Gasteiger partial charge is 0.387 e. The smallest absolute Gasteiger partial charge is 0.0942 e. The van der Waals surface area contributed by atoms with Crippen LogP contribution in [0.4, 0.5) is 0 Å². The Hall–Kier alpha value is -0.570. The fraction of sp³-hybridized carbons (Fsp3) is 0.571. The standard InChI is InChI=1S/C14H21NO.ClH/c1-12(15-10-6-3-7-11-15)14(16)13-8-4-2-5-9-13;/h2,4-5,8-9,12,14,16H,3,6-7,10-11H2,1H3;1H. The van der Waals surface area contributed by atoms with E-state index in [1.54, 1.807) is 0 Å². The van der Waals surface area contributed by atoms with Gasteiger partial charge in [-0.15, -0.1) is 12.4 Å². The van der Waals surface area contributed by atoms with Gasteiger partial charge in [-0.05, 0) is 38.4 Å². The highest BCUT2D eigenvalue weighted by Gasteiger charge is 2.23. The zero-order chi connectivity index (χ0) is 11.4. The number of aliphatic hydroxyl groups excluding tert-OH is 1. The van der Waals surface area contributed by atoms with Gasteiger partial charge in [0.25, 0.3) is 0 Å². The molecule has 1 fully saturated rings. The molecule has 1 N–H and O–H groups in total. The van der Waals surface area contributed by atoms with E-state index in [1.807, 2.05) is 30.3 Å². The van der Waals surface area contributed by atoms with E-state index in [0.717, 1.165) is 18.7 Å². The Morgan fingerprint density at radius 1 is 1.06 bits per heavy atom. The molecule has 2 unspecified atom stereocenters. The molecule has 1 aliphatic heterocycles. The fourth-order valence-corrected chi connectivity index (χ4v) is 2.45. The van der Waals surface area contributed by atoms with Crippen molar-refractivity contribution in [3.8, 4) is 0 Å². The van der Waals surface area contributed by atoms with Gasteiger partial charge in [-0.1, -0.05) is 36.8 Å². The third kappa shape index (κ3) is 3.70. The lowest BCUT2D eigenvalue weighted by molar-refractivity contribution is 0.0471. The van der Waals surface area contributed by atoms with Crippen LogP contribution in [-0.2, 0) is 0 Å². The molecule has 0 bridgehead atoms. The van der Waals surface area contributed by atoms with Crippen LogP contribution in [0.1, 0.15) is 37.9 Å². The molecule has 0 aromatic heterocycles. The van der Waals surface area contributed by atoms with Crippen molar-refractivity contribution in [2.45, 2.75) is 38.3 Å². The Kier molecular flexibility index (Phi) is 5.96. The van der Waals surface area contributed by atoms with Crippen molar-refractivity contribution in [3.63, 3.8) is 0 Å². The van der Waals surface area contributed by atoms with Crippen molar-refractivity contribution >= 4 is 12.4 Å². The average Bonchev–Trinajstić information content (AvgIpc) is 2.39. The highest BCUT2D eigenvalue weighted by atomic mass is 35.5. The molecule has 2 nitrogen and oxygen atoms in total. The number of likely N-dealkylation sites (tertiary alicyclic amines) is 1. The van der Waals surface area contributed by atoms with Gasteiger partial charge >= 0.3 is 0 Å². The summed E-state index contributed by atoms with van der Waals surface area (Å²) >= 11 is 0. The van der Waals surface area contributed by atoms with E-state index >= 15 is 0 Å². The first-order chi connectivity index (χ1) is 7.79. The predicted octanol–water partition coefficient (Wildman–Crippen LogP) is 3.02. The molecule has 17 heavy (non-hydrogen) atoms. The molecule has 0 aliphatic carbocycles. The zero-order valence-electron chi connectivity index (χ0n) is 10.4. The highest BCUT2D eigenvalue weighted by molar-refractivity contribution is 5.85. The minimum absolute atomic E-state index is 0. The molecule has 96 valence electrons. The van der Waals surface area contributed by atoms with E-state index in [1.165, 1.54) is 19.3 Å². The van der Waals surface area contributed by atoms with Crippen molar-refractivity contribution in [2.24, 2.45) is 0 Å². The molecule has 1 heterocycles. The van der Waals surface area contributed by atoms with Gasteiger partial charge in [0.15, 0.2) is 0 Å². The summed E-state index contributed by atoms with van der Waals surface area (Å²) in [5, 5.41) is 10.3. The molecule has 1 aromatic carbocycles. The van der Waals surface area contributed by atoms with Crippen molar-refractivity contribution in [3.05, 3.63) is 35.9 Å². The molecule has 0 radical (unpaired) electrons. The molecule has 1 aliphatic rings. The third-order valence-electron chi connectivity index (χ3n) is 3.56. The SMILES string of the molecule is CC(C(O)c1ccccc1)N1CCCCC1.Cl. The second-order valence-electron chi connectivity index (χ2n) is 4.69. The summed E-state index contributed by atoms with van der Waals surface area (Å²) in [5.41, 5.74) is 1.03. The van der Waals surface area contributed by atoms with Crippen LogP contribution in [0.3, 0.4) is 0 Å². The van der Waals surface area contributed by atoms with Crippen molar-refractivity contribution in [1.29, 1.82) is 0 Å². The lowest BCUT2D eigenvalue weighted by Gasteiger charge is -2.35. The lowest BCUT2D eigenvalue weighted by Crippen LogP contribution is -2.40. The number of piperidine rings is 1. The van der Waals surface area contributed by atoms with Gasteiger partial charge in [0.2, 0.25) is 0 Å². The van der Waals surface area contributed by atoms with E-state index in [-0.39, 0.29) is 24.6 Å². The van der Waals surface area contributed by atoms with Gasteiger partial charge in [0.05, 0.1) is 6.10 Å². The average molecular weight is 256 g/mol. The number of rotatable bonds is 3. The summed E-state index contributed by atoms with van der Waals surface area (Å²) in [5.74, 6) is 0. The molecular weight excluding hydrogens is 234 g/mol. The van der Waals surface area contributed by atoms with Crippen LogP contribution in [0.2, 0.25) is 0 Å². The van der Waals surface area contributed by atoms with Gasteiger partial charge in [-0.25, -0.2) is 0 Å². The second-order valence-corrected chi connectivity index (χ2v) is 4.69. The van der Waals surface area contributed by atoms with E-state index in [2.05, 4.69) is 11.8 Å². The lowest BCUT2D eigenvalue weighted by atomic mass is 10.00. The Morgan fingerprint density at radius 3 is 2.24 bits per heavy atom. The Morgan fingerprint density at radius 2 is 1.65 bits per heavy atom. The van der Waals surface area contributed by atoms with Crippen LogP contribution in [0.25, 0.3) is 0 Å². The fourth-order valence-electron chi connectivity index (χ4n) is 2.45. The van der Waals surface area contributed by atoms with Crippen LogP contribution < -0.4 is 0 Å². The molecular formula is C14H22ClNO. The molecule has 1 aromatic rings. The maximum atomic E-state index is 10.3. The summed E-state index contributed by atoms with van der Waals surface area (Å²) in [6, 6.07) is 10.2. The maximum absolute atomic E-state index is 10.3. The van der Waals surface area contributed by atoms with Gasteiger partial charge in [0, 0.05) is 6.04 Å². The maximum Gasteiger partial charge on any atom is 0.0942 e. The molecule has 0 saturated carbocycles. The van der Waals surface area contributed by atoms with Gasteiger partial charge in [0.1, 0.15) is 0 Å². The molecule has 1 saturated heterocycles. The van der Waals surface area contributed by atoms with Gasteiger partial charge < -0.3 is 5.11 Å². The molecule has 0 amide bonds. The normalized spacial score (nSPS) is 20.4.